The molecule has 134 valence electrons. The zero-order valence-electron chi connectivity index (χ0n) is 14.8. The third-order valence-corrected chi connectivity index (χ3v) is 5.22. The van der Waals surface area contributed by atoms with Crippen LogP contribution in [0.25, 0.3) is 0 Å². The fourth-order valence-electron chi connectivity index (χ4n) is 3.61. The molecule has 4 rings (SSSR count). The summed E-state index contributed by atoms with van der Waals surface area (Å²) in [4.78, 5) is 27.1. The molecule has 0 saturated heterocycles. The molecule has 0 radical (unpaired) electrons. The van der Waals surface area contributed by atoms with Gasteiger partial charge >= 0.3 is 0 Å². The van der Waals surface area contributed by atoms with Crippen LogP contribution in [0.3, 0.4) is 0 Å². The number of methoxy groups -OCH3 is 1. The monoisotopic (exact) mass is 350 g/mol. The van der Waals surface area contributed by atoms with E-state index in [4.69, 9.17) is 4.74 Å². The minimum absolute atomic E-state index is 0.0889. The molecule has 1 fully saturated rings. The third kappa shape index (κ3) is 3.29. The van der Waals surface area contributed by atoms with Crippen molar-refractivity contribution < 1.29 is 14.3 Å². The molecule has 1 aliphatic carbocycles. The van der Waals surface area contributed by atoms with E-state index in [1.807, 2.05) is 35.2 Å². The lowest BCUT2D eigenvalue weighted by atomic mass is 9.99. The number of carbonyl (C=O) groups is 2. The summed E-state index contributed by atoms with van der Waals surface area (Å²) >= 11 is 0. The van der Waals surface area contributed by atoms with Gasteiger partial charge in [0.2, 0.25) is 11.8 Å². The summed E-state index contributed by atoms with van der Waals surface area (Å²) in [5, 5.41) is 2.89. The number of carbonyl (C=O) groups excluding carboxylic acids is 2. The Bertz CT molecular complexity index is 849. The fraction of sp³-hybridized carbons (Fsp3) is 0.333. The van der Waals surface area contributed by atoms with Crippen molar-refractivity contribution in [1.29, 1.82) is 0 Å². The highest BCUT2D eigenvalue weighted by atomic mass is 16.5. The SMILES string of the molecule is COc1cccc(NC(=O)C2CC2C(=O)N2CCc3ccccc3C2)c1. The van der Waals surface area contributed by atoms with Crippen LogP contribution in [0.15, 0.2) is 48.5 Å². The Morgan fingerprint density at radius 1 is 1.08 bits per heavy atom. The van der Waals surface area contributed by atoms with E-state index in [0.29, 0.717) is 24.4 Å². The van der Waals surface area contributed by atoms with Crippen LogP contribution in [0.2, 0.25) is 0 Å². The van der Waals surface area contributed by atoms with Gasteiger partial charge in [-0.05, 0) is 36.1 Å². The molecule has 5 nitrogen and oxygen atoms in total. The zero-order valence-corrected chi connectivity index (χ0v) is 14.8. The number of benzene rings is 2. The predicted octanol–water partition coefficient (Wildman–Crippen LogP) is 2.85. The van der Waals surface area contributed by atoms with E-state index < -0.39 is 0 Å². The molecule has 0 bridgehead atoms. The quantitative estimate of drug-likeness (QED) is 0.922. The van der Waals surface area contributed by atoms with Gasteiger partial charge in [-0.1, -0.05) is 30.3 Å². The van der Waals surface area contributed by atoms with Gasteiger partial charge < -0.3 is 15.0 Å². The number of nitrogens with zero attached hydrogens (tertiary/aromatic N) is 1. The number of ether oxygens (including phenoxy) is 1. The minimum atomic E-state index is -0.231. The highest BCUT2D eigenvalue weighted by Gasteiger charge is 2.49. The van der Waals surface area contributed by atoms with Crippen molar-refractivity contribution in [1.82, 2.24) is 4.90 Å². The van der Waals surface area contributed by atoms with Crippen LogP contribution in [0.5, 0.6) is 5.75 Å². The van der Waals surface area contributed by atoms with Crippen molar-refractivity contribution >= 4 is 17.5 Å². The number of fused-ring (bicyclic) bond motifs is 1. The predicted molar refractivity (Wildman–Crippen MR) is 98.8 cm³/mol. The molecule has 1 aliphatic heterocycles. The van der Waals surface area contributed by atoms with Gasteiger partial charge in [0.25, 0.3) is 0 Å². The van der Waals surface area contributed by atoms with Crippen LogP contribution in [0, 0.1) is 11.8 Å². The molecule has 26 heavy (non-hydrogen) atoms. The van der Waals surface area contributed by atoms with E-state index in [1.54, 1.807) is 13.2 Å². The van der Waals surface area contributed by atoms with Gasteiger partial charge in [0, 0.05) is 24.8 Å². The molecule has 1 heterocycles. The second-order valence-electron chi connectivity index (χ2n) is 6.95. The fourth-order valence-corrected chi connectivity index (χ4v) is 3.61. The van der Waals surface area contributed by atoms with E-state index in [1.165, 1.54) is 11.1 Å². The number of anilines is 1. The maximum Gasteiger partial charge on any atom is 0.228 e. The Balaban J connectivity index is 1.36. The van der Waals surface area contributed by atoms with Gasteiger partial charge in [-0.2, -0.15) is 0 Å². The lowest BCUT2D eigenvalue weighted by molar-refractivity contribution is -0.135. The Morgan fingerprint density at radius 2 is 1.88 bits per heavy atom. The Hall–Kier alpha value is -2.82. The standard InChI is InChI=1S/C21H22N2O3/c1-26-17-8-4-7-16(11-17)22-20(24)18-12-19(18)21(25)23-10-9-14-5-2-3-6-15(14)13-23/h2-8,11,18-19H,9-10,12-13H2,1H3,(H,22,24). The van der Waals surface area contributed by atoms with E-state index in [9.17, 15) is 9.59 Å². The van der Waals surface area contributed by atoms with Gasteiger partial charge in [0.15, 0.2) is 0 Å². The van der Waals surface area contributed by atoms with Crippen molar-refractivity contribution in [3.05, 3.63) is 59.7 Å². The molecule has 1 N–H and O–H groups in total. The summed E-state index contributed by atoms with van der Waals surface area (Å²) in [6.45, 7) is 1.38. The molecule has 0 spiro atoms. The topological polar surface area (TPSA) is 58.6 Å². The first kappa shape index (κ1) is 16.6. The molecular formula is C21H22N2O3. The average Bonchev–Trinajstić information content (AvgIpc) is 3.48. The first-order valence-electron chi connectivity index (χ1n) is 8.96. The van der Waals surface area contributed by atoms with Crippen LogP contribution in [-0.4, -0.2) is 30.4 Å². The molecule has 2 aromatic carbocycles. The summed E-state index contributed by atoms with van der Waals surface area (Å²) < 4.78 is 5.17. The number of amides is 2. The number of nitrogens with one attached hydrogen (secondary N) is 1. The Kier molecular flexibility index (Phi) is 4.37. The Labute approximate surface area is 153 Å². The van der Waals surface area contributed by atoms with Crippen LogP contribution in [-0.2, 0) is 22.6 Å². The zero-order chi connectivity index (χ0) is 18.1. The highest BCUT2D eigenvalue weighted by molar-refractivity contribution is 5.99. The van der Waals surface area contributed by atoms with Crippen molar-refractivity contribution in [2.45, 2.75) is 19.4 Å². The summed E-state index contributed by atoms with van der Waals surface area (Å²) in [6, 6.07) is 15.5. The van der Waals surface area contributed by atoms with Crippen molar-refractivity contribution in [2.75, 3.05) is 19.0 Å². The molecule has 2 amide bonds. The molecule has 1 saturated carbocycles. The maximum atomic E-state index is 12.8. The summed E-state index contributed by atoms with van der Waals surface area (Å²) in [5.74, 6) is 0.286. The van der Waals surface area contributed by atoms with Gasteiger partial charge in [-0.3, -0.25) is 9.59 Å². The normalized spacial score (nSPS) is 20.9. The summed E-state index contributed by atoms with van der Waals surface area (Å²) in [6.07, 6.45) is 1.52. The van der Waals surface area contributed by atoms with Gasteiger partial charge in [0.05, 0.1) is 18.9 Å². The second-order valence-corrected chi connectivity index (χ2v) is 6.95. The smallest absolute Gasteiger partial charge is 0.228 e. The van der Waals surface area contributed by atoms with Crippen molar-refractivity contribution in [3.63, 3.8) is 0 Å². The van der Waals surface area contributed by atoms with Gasteiger partial charge in [0.1, 0.15) is 5.75 Å². The first-order valence-corrected chi connectivity index (χ1v) is 8.96. The summed E-state index contributed by atoms with van der Waals surface area (Å²) in [7, 11) is 1.59. The van der Waals surface area contributed by atoms with Crippen LogP contribution < -0.4 is 10.1 Å². The summed E-state index contributed by atoms with van der Waals surface area (Å²) in [5.41, 5.74) is 3.23. The number of hydrogen-bond acceptors (Lipinski definition) is 3. The van der Waals surface area contributed by atoms with Gasteiger partial charge in [-0.25, -0.2) is 0 Å². The molecule has 2 unspecified atom stereocenters. The molecule has 2 atom stereocenters. The first-order chi connectivity index (χ1) is 12.7. The van der Waals surface area contributed by atoms with Crippen LogP contribution in [0.1, 0.15) is 17.5 Å². The molecule has 0 aromatic heterocycles. The van der Waals surface area contributed by atoms with E-state index in [-0.39, 0.29) is 23.7 Å². The van der Waals surface area contributed by atoms with E-state index >= 15 is 0 Å². The van der Waals surface area contributed by atoms with Crippen molar-refractivity contribution in [2.24, 2.45) is 11.8 Å². The maximum absolute atomic E-state index is 12.8. The number of hydrogen-bond donors (Lipinski definition) is 1. The number of rotatable bonds is 4. The van der Waals surface area contributed by atoms with Crippen molar-refractivity contribution in [3.8, 4) is 5.75 Å². The van der Waals surface area contributed by atoms with E-state index in [0.717, 1.165) is 13.0 Å². The Morgan fingerprint density at radius 3 is 2.69 bits per heavy atom. The second kappa shape index (κ2) is 6.83. The van der Waals surface area contributed by atoms with Crippen LogP contribution in [0.4, 0.5) is 5.69 Å². The molecule has 2 aliphatic rings. The van der Waals surface area contributed by atoms with E-state index in [2.05, 4.69) is 17.4 Å². The molecule has 2 aromatic rings. The average molecular weight is 350 g/mol. The minimum Gasteiger partial charge on any atom is -0.497 e. The van der Waals surface area contributed by atoms with Gasteiger partial charge in [-0.15, -0.1) is 0 Å². The molecular weight excluding hydrogens is 328 g/mol. The van der Waals surface area contributed by atoms with Crippen LogP contribution >= 0.6 is 0 Å². The third-order valence-electron chi connectivity index (χ3n) is 5.22. The lowest BCUT2D eigenvalue weighted by Gasteiger charge is -2.29. The molecule has 5 heteroatoms. The lowest BCUT2D eigenvalue weighted by Crippen LogP contribution is -2.37. The highest BCUT2D eigenvalue weighted by Crippen LogP contribution is 2.41. The largest absolute Gasteiger partial charge is 0.497 e.